The average Bonchev–Trinajstić information content (AvgIpc) is 2.53. The van der Waals surface area contributed by atoms with Crippen LogP contribution >= 0.6 is 0 Å². The van der Waals surface area contributed by atoms with E-state index >= 15 is 0 Å². The van der Waals surface area contributed by atoms with Crippen molar-refractivity contribution >= 4 is 0 Å². The molecule has 3 nitrogen and oxygen atoms in total. The van der Waals surface area contributed by atoms with Gasteiger partial charge in [0.1, 0.15) is 5.75 Å². The second-order valence-electron chi connectivity index (χ2n) is 6.08. The molecular weight excluding hydrogens is 274 g/mol. The van der Waals surface area contributed by atoms with Crippen molar-refractivity contribution in [1.82, 2.24) is 4.90 Å². The second-order valence-corrected chi connectivity index (χ2v) is 6.08. The monoisotopic (exact) mass is 307 g/mol. The van der Waals surface area contributed by atoms with Gasteiger partial charge in [-0.05, 0) is 62.5 Å². The van der Waals surface area contributed by atoms with Gasteiger partial charge in [-0.3, -0.25) is 0 Å². The molecular formula is C19H33NO2. The molecule has 0 amide bonds. The summed E-state index contributed by atoms with van der Waals surface area (Å²) in [6.45, 7) is 9.73. The molecule has 0 aromatic heterocycles. The zero-order valence-corrected chi connectivity index (χ0v) is 14.8. The zero-order chi connectivity index (χ0) is 16.4. The molecule has 3 heteroatoms. The number of unbranched alkanes of at least 4 members (excludes halogenated alkanes) is 2. The minimum atomic E-state index is -0.393. The molecule has 1 aromatic carbocycles. The molecule has 1 unspecified atom stereocenters. The molecule has 1 rings (SSSR count). The fourth-order valence-corrected chi connectivity index (χ4v) is 2.68. The van der Waals surface area contributed by atoms with Gasteiger partial charge in [-0.1, -0.05) is 32.8 Å². The van der Waals surface area contributed by atoms with Crippen LogP contribution in [0.2, 0.25) is 0 Å². The number of ether oxygens (including phenoxy) is 1. The lowest BCUT2D eigenvalue weighted by atomic mass is 10.0. The van der Waals surface area contributed by atoms with Gasteiger partial charge in [-0.2, -0.15) is 0 Å². The molecule has 22 heavy (non-hydrogen) atoms. The predicted molar refractivity (Wildman–Crippen MR) is 93.6 cm³/mol. The van der Waals surface area contributed by atoms with Crippen LogP contribution in [-0.2, 0) is 0 Å². The Balaban J connectivity index is 2.54. The Bertz CT molecular complexity index is 412. The topological polar surface area (TPSA) is 32.7 Å². The first-order chi connectivity index (χ1) is 10.6. The zero-order valence-electron chi connectivity index (χ0n) is 14.8. The van der Waals surface area contributed by atoms with E-state index in [0.29, 0.717) is 0 Å². The number of aliphatic hydroxyl groups excluding tert-OH is 1. The largest absolute Gasteiger partial charge is 0.496 e. The van der Waals surface area contributed by atoms with Crippen molar-refractivity contribution in [3.8, 4) is 5.75 Å². The Kier molecular flexibility index (Phi) is 9.17. The van der Waals surface area contributed by atoms with Gasteiger partial charge in [-0.15, -0.1) is 0 Å². The van der Waals surface area contributed by atoms with E-state index in [9.17, 15) is 5.11 Å². The maximum atomic E-state index is 10.4. The van der Waals surface area contributed by atoms with Crippen LogP contribution in [0, 0.1) is 6.92 Å². The Hall–Kier alpha value is -1.06. The lowest BCUT2D eigenvalue weighted by Gasteiger charge is -2.23. The van der Waals surface area contributed by atoms with E-state index in [0.717, 1.165) is 42.9 Å². The summed E-state index contributed by atoms with van der Waals surface area (Å²) in [4.78, 5) is 2.49. The van der Waals surface area contributed by atoms with Crippen molar-refractivity contribution in [2.75, 3.05) is 26.7 Å². The summed E-state index contributed by atoms with van der Waals surface area (Å²) in [6.07, 6.45) is 5.32. The van der Waals surface area contributed by atoms with Gasteiger partial charge >= 0.3 is 0 Å². The SMILES string of the molecule is CCCCN(CCCC)CCC(O)c1ccc(OC)c(C)c1. The van der Waals surface area contributed by atoms with E-state index in [2.05, 4.69) is 18.7 Å². The van der Waals surface area contributed by atoms with Crippen LogP contribution in [0.3, 0.4) is 0 Å². The first-order valence-electron chi connectivity index (χ1n) is 8.67. The van der Waals surface area contributed by atoms with Crippen molar-refractivity contribution < 1.29 is 9.84 Å². The highest BCUT2D eigenvalue weighted by Crippen LogP contribution is 2.24. The number of nitrogens with zero attached hydrogens (tertiary/aromatic N) is 1. The van der Waals surface area contributed by atoms with Crippen LogP contribution in [0.1, 0.15) is 63.2 Å². The summed E-state index contributed by atoms with van der Waals surface area (Å²) in [5, 5.41) is 10.4. The van der Waals surface area contributed by atoms with Crippen molar-refractivity contribution in [1.29, 1.82) is 0 Å². The Morgan fingerprint density at radius 1 is 1.09 bits per heavy atom. The molecule has 0 fully saturated rings. The van der Waals surface area contributed by atoms with Gasteiger partial charge in [0.15, 0.2) is 0 Å². The Morgan fingerprint density at radius 2 is 1.73 bits per heavy atom. The number of benzene rings is 1. The first kappa shape index (κ1) is 19.0. The molecule has 1 N–H and O–H groups in total. The lowest BCUT2D eigenvalue weighted by molar-refractivity contribution is 0.140. The number of methoxy groups -OCH3 is 1. The molecule has 0 aliphatic heterocycles. The molecule has 0 saturated heterocycles. The predicted octanol–water partition coefficient (Wildman–Crippen LogP) is 4.33. The van der Waals surface area contributed by atoms with Crippen molar-refractivity contribution in [3.05, 3.63) is 29.3 Å². The summed E-state index contributed by atoms with van der Waals surface area (Å²) in [6, 6.07) is 5.95. The molecule has 0 aliphatic rings. The van der Waals surface area contributed by atoms with Crippen molar-refractivity contribution in [3.63, 3.8) is 0 Å². The number of hydrogen-bond acceptors (Lipinski definition) is 3. The molecule has 0 bridgehead atoms. The summed E-state index contributed by atoms with van der Waals surface area (Å²) in [5.41, 5.74) is 2.07. The van der Waals surface area contributed by atoms with Gasteiger partial charge in [0.2, 0.25) is 0 Å². The van der Waals surface area contributed by atoms with Gasteiger partial charge in [0, 0.05) is 6.54 Å². The van der Waals surface area contributed by atoms with Crippen LogP contribution in [0.4, 0.5) is 0 Å². The van der Waals surface area contributed by atoms with E-state index in [1.165, 1.54) is 25.7 Å². The minimum Gasteiger partial charge on any atom is -0.496 e. The summed E-state index contributed by atoms with van der Waals surface area (Å²) in [7, 11) is 1.68. The molecule has 1 aromatic rings. The van der Waals surface area contributed by atoms with E-state index in [4.69, 9.17) is 4.74 Å². The third-order valence-electron chi connectivity index (χ3n) is 4.18. The second kappa shape index (κ2) is 10.6. The number of rotatable bonds is 11. The normalized spacial score (nSPS) is 12.6. The van der Waals surface area contributed by atoms with E-state index in [1.54, 1.807) is 7.11 Å². The van der Waals surface area contributed by atoms with E-state index < -0.39 is 6.10 Å². The Labute approximate surface area is 136 Å². The minimum absolute atomic E-state index is 0.393. The molecule has 0 aliphatic carbocycles. The van der Waals surface area contributed by atoms with Crippen LogP contribution < -0.4 is 4.74 Å². The highest BCUT2D eigenvalue weighted by Gasteiger charge is 2.12. The van der Waals surface area contributed by atoms with Gasteiger partial charge in [0.25, 0.3) is 0 Å². The van der Waals surface area contributed by atoms with E-state index in [-0.39, 0.29) is 0 Å². The van der Waals surface area contributed by atoms with Crippen LogP contribution in [-0.4, -0.2) is 36.8 Å². The van der Waals surface area contributed by atoms with Gasteiger partial charge < -0.3 is 14.7 Å². The first-order valence-corrected chi connectivity index (χ1v) is 8.67. The van der Waals surface area contributed by atoms with Crippen LogP contribution in [0.5, 0.6) is 5.75 Å². The summed E-state index contributed by atoms with van der Waals surface area (Å²) in [5.74, 6) is 0.878. The fraction of sp³-hybridized carbons (Fsp3) is 0.684. The lowest BCUT2D eigenvalue weighted by Crippen LogP contribution is -2.28. The summed E-state index contributed by atoms with van der Waals surface area (Å²) < 4.78 is 5.28. The molecule has 0 heterocycles. The molecule has 0 saturated carbocycles. The van der Waals surface area contributed by atoms with E-state index in [1.807, 2.05) is 25.1 Å². The number of aryl methyl sites for hydroxylation is 1. The Morgan fingerprint density at radius 3 is 2.23 bits per heavy atom. The van der Waals surface area contributed by atoms with Gasteiger partial charge in [-0.25, -0.2) is 0 Å². The molecule has 1 atom stereocenters. The third-order valence-corrected chi connectivity index (χ3v) is 4.18. The maximum Gasteiger partial charge on any atom is 0.121 e. The van der Waals surface area contributed by atoms with Crippen molar-refractivity contribution in [2.24, 2.45) is 0 Å². The number of aliphatic hydroxyl groups is 1. The third kappa shape index (κ3) is 6.37. The molecule has 0 radical (unpaired) electrons. The van der Waals surface area contributed by atoms with Crippen molar-refractivity contribution in [2.45, 2.75) is 59.0 Å². The van der Waals surface area contributed by atoms with Gasteiger partial charge in [0.05, 0.1) is 13.2 Å². The highest BCUT2D eigenvalue weighted by molar-refractivity contribution is 5.36. The smallest absolute Gasteiger partial charge is 0.121 e. The fourth-order valence-electron chi connectivity index (χ4n) is 2.68. The average molecular weight is 307 g/mol. The molecule has 0 spiro atoms. The van der Waals surface area contributed by atoms with Crippen LogP contribution in [0.25, 0.3) is 0 Å². The summed E-state index contributed by atoms with van der Waals surface area (Å²) >= 11 is 0. The molecule has 126 valence electrons. The number of hydrogen-bond donors (Lipinski definition) is 1. The maximum absolute atomic E-state index is 10.4. The standard InChI is InChI=1S/C19H33NO2/c1-5-7-12-20(13-8-6-2)14-11-18(21)17-9-10-19(22-4)16(3)15-17/h9-10,15,18,21H,5-8,11-14H2,1-4H3. The highest BCUT2D eigenvalue weighted by atomic mass is 16.5. The quantitative estimate of drug-likeness (QED) is 0.660. The van der Waals surface area contributed by atoms with Crippen LogP contribution in [0.15, 0.2) is 18.2 Å².